The van der Waals surface area contributed by atoms with Gasteiger partial charge >= 0.3 is 0 Å². The Kier molecular flexibility index (Phi) is 9.20. The maximum absolute atomic E-state index is 6.20. The van der Waals surface area contributed by atoms with Crippen molar-refractivity contribution in [1.82, 2.24) is 10.6 Å². The zero-order valence-corrected chi connectivity index (χ0v) is 18.2. The van der Waals surface area contributed by atoms with E-state index in [0.29, 0.717) is 32.9 Å². The molecule has 0 bridgehead atoms. The zero-order chi connectivity index (χ0) is 21.1. The van der Waals surface area contributed by atoms with Gasteiger partial charge < -0.3 is 34.3 Å². The molecule has 2 fully saturated rings. The highest BCUT2D eigenvalue weighted by molar-refractivity contribution is 5.79. The fourth-order valence-electron chi connectivity index (χ4n) is 3.47. The van der Waals surface area contributed by atoms with Gasteiger partial charge in [0.25, 0.3) is 0 Å². The molecular weight excluding hydrogens is 386 g/mol. The van der Waals surface area contributed by atoms with Crippen molar-refractivity contribution in [2.45, 2.75) is 44.6 Å². The molecule has 1 aromatic carbocycles. The van der Waals surface area contributed by atoms with Gasteiger partial charge in [0.1, 0.15) is 11.9 Å². The summed E-state index contributed by atoms with van der Waals surface area (Å²) in [7, 11) is 1.67. The van der Waals surface area contributed by atoms with Crippen LogP contribution < -0.4 is 15.4 Å². The van der Waals surface area contributed by atoms with Crippen LogP contribution in [0.1, 0.15) is 31.7 Å². The monoisotopic (exact) mass is 421 g/mol. The van der Waals surface area contributed by atoms with Crippen molar-refractivity contribution in [2.75, 3.05) is 53.2 Å². The van der Waals surface area contributed by atoms with Crippen LogP contribution in [0.15, 0.2) is 29.3 Å². The number of nitrogens with zero attached hydrogens (tertiary/aromatic N) is 1. The van der Waals surface area contributed by atoms with Crippen LogP contribution >= 0.6 is 0 Å². The normalized spacial score (nSPS) is 21.0. The standard InChI is InChI=1S/C22H35N3O5/c1-3-27-12-4-11-23-21(24-15-18-5-7-19(26-2)8-6-18)25-16-20-17-29-22(30-20)9-13-28-14-10-22/h5-8,20H,3-4,9-17H2,1-2H3,(H2,23,24,25). The highest BCUT2D eigenvalue weighted by Gasteiger charge is 2.42. The fraction of sp³-hybridized carbons (Fsp3) is 0.682. The van der Waals surface area contributed by atoms with E-state index in [9.17, 15) is 0 Å². The summed E-state index contributed by atoms with van der Waals surface area (Å²) in [5.74, 6) is 1.14. The highest BCUT2D eigenvalue weighted by atomic mass is 16.7. The third-order valence-electron chi connectivity index (χ3n) is 5.21. The molecule has 8 nitrogen and oxygen atoms in total. The number of rotatable bonds is 10. The van der Waals surface area contributed by atoms with Gasteiger partial charge in [0.05, 0.1) is 33.5 Å². The van der Waals surface area contributed by atoms with E-state index in [4.69, 9.17) is 28.7 Å². The summed E-state index contributed by atoms with van der Waals surface area (Å²) in [6.45, 7) is 7.46. The van der Waals surface area contributed by atoms with E-state index in [0.717, 1.165) is 56.3 Å². The van der Waals surface area contributed by atoms with E-state index in [1.165, 1.54) is 0 Å². The first-order chi connectivity index (χ1) is 14.7. The summed E-state index contributed by atoms with van der Waals surface area (Å²) in [5.41, 5.74) is 1.12. The van der Waals surface area contributed by atoms with Gasteiger partial charge in [0, 0.05) is 39.1 Å². The smallest absolute Gasteiger partial charge is 0.191 e. The van der Waals surface area contributed by atoms with Crippen LogP contribution in [0, 0.1) is 0 Å². The molecule has 2 aliphatic rings. The van der Waals surface area contributed by atoms with Crippen LogP contribution in [0.25, 0.3) is 0 Å². The summed E-state index contributed by atoms with van der Waals surface area (Å²) in [6, 6.07) is 7.95. The number of methoxy groups -OCH3 is 1. The number of guanidine groups is 1. The Morgan fingerprint density at radius 2 is 2.00 bits per heavy atom. The van der Waals surface area contributed by atoms with Gasteiger partial charge in [0.15, 0.2) is 11.7 Å². The Bertz CT molecular complexity index is 647. The van der Waals surface area contributed by atoms with Crippen LogP contribution in [0.5, 0.6) is 5.75 Å². The molecular formula is C22H35N3O5. The number of benzene rings is 1. The Morgan fingerprint density at radius 3 is 2.73 bits per heavy atom. The first-order valence-corrected chi connectivity index (χ1v) is 10.9. The molecule has 3 rings (SSSR count). The van der Waals surface area contributed by atoms with Crippen molar-refractivity contribution in [3.05, 3.63) is 29.8 Å². The average Bonchev–Trinajstić information content (AvgIpc) is 3.17. The number of nitrogens with one attached hydrogen (secondary N) is 2. The molecule has 2 heterocycles. The van der Waals surface area contributed by atoms with Gasteiger partial charge in [-0.25, -0.2) is 4.99 Å². The van der Waals surface area contributed by atoms with Crippen LogP contribution in [0.4, 0.5) is 0 Å². The fourth-order valence-corrected chi connectivity index (χ4v) is 3.47. The quantitative estimate of drug-likeness (QED) is 0.340. The van der Waals surface area contributed by atoms with Gasteiger partial charge in [-0.3, -0.25) is 0 Å². The zero-order valence-electron chi connectivity index (χ0n) is 18.2. The van der Waals surface area contributed by atoms with Crippen LogP contribution in [-0.4, -0.2) is 71.1 Å². The molecule has 0 saturated carbocycles. The van der Waals surface area contributed by atoms with E-state index in [-0.39, 0.29) is 6.10 Å². The topological polar surface area (TPSA) is 82.6 Å². The molecule has 0 aromatic heterocycles. The second-order valence-electron chi connectivity index (χ2n) is 7.44. The minimum absolute atomic E-state index is 0.000453. The molecule has 2 N–H and O–H groups in total. The third-order valence-corrected chi connectivity index (χ3v) is 5.21. The lowest BCUT2D eigenvalue weighted by atomic mass is 10.1. The predicted molar refractivity (Wildman–Crippen MR) is 115 cm³/mol. The summed E-state index contributed by atoms with van der Waals surface area (Å²) in [4.78, 5) is 4.73. The Morgan fingerprint density at radius 1 is 1.20 bits per heavy atom. The first-order valence-electron chi connectivity index (χ1n) is 10.9. The van der Waals surface area contributed by atoms with Gasteiger partial charge in [0.2, 0.25) is 0 Å². The molecule has 0 radical (unpaired) electrons. The number of hydrogen-bond acceptors (Lipinski definition) is 6. The van der Waals surface area contributed by atoms with E-state index >= 15 is 0 Å². The highest BCUT2D eigenvalue weighted by Crippen LogP contribution is 2.32. The first kappa shape index (κ1) is 22.8. The Balaban J connectivity index is 1.50. The predicted octanol–water partition coefficient (Wildman–Crippen LogP) is 2.08. The number of aliphatic imine (C=N–C) groups is 1. The minimum Gasteiger partial charge on any atom is -0.497 e. The van der Waals surface area contributed by atoms with Crippen LogP contribution in [0.3, 0.4) is 0 Å². The van der Waals surface area contributed by atoms with Crippen molar-refractivity contribution in [2.24, 2.45) is 4.99 Å². The van der Waals surface area contributed by atoms with Crippen LogP contribution in [0.2, 0.25) is 0 Å². The van der Waals surface area contributed by atoms with E-state index < -0.39 is 5.79 Å². The Labute approximate surface area is 179 Å². The second kappa shape index (κ2) is 12.1. The summed E-state index contributed by atoms with van der Waals surface area (Å²) in [5, 5.41) is 6.79. The molecule has 30 heavy (non-hydrogen) atoms. The molecule has 1 unspecified atom stereocenters. The second-order valence-corrected chi connectivity index (χ2v) is 7.44. The average molecular weight is 422 g/mol. The lowest BCUT2D eigenvalue weighted by Gasteiger charge is -2.31. The van der Waals surface area contributed by atoms with Gasteiger partial charge in [-0.2, -0.15) is 0 Å². The number of hydrogen-bond donors (Lipinski definition) is 2. The molecule has 1 spiro atoms. The van der Waals surface area contributed by atoms with Crippen molar-refractivity contribution >= 4 is 5.96 Å². The molecule has 1 aromatic rings. The molecule has 0 amide bonds. The largest absolute Gasteiger partial charge is 0.497 e. The molecule has 168 valence electrons. The van der Waals surface area contributed by atoms with Gasteiger partial charge in [-0.1, -0.05) is 12.1 Å². The van der Waals surface area contributed by atoms with Crippen LogP contribution in [-0.2, 0) is 25.5 Å². The van der Waals surface area contributed by atoms with Crippen molar-refractivity contribution in [3.63, 3.8) is 0 Å². The molecule has 8 heteroatoms. The van der Waals surface area contributed by atoms with Crippen molar-refractivity contribution in [3.8, 4) is 5.75 Å². The lowest BCUT2D eigenvalue weighted by Crippen LogP contribution is -2.43. The SMILES string of the molecule is CCOCCCNC(=NCc1ccc(OC)cc1)NCC1COC2(CCOCC2)O1. The minimum atomic E-state index is -0.462. The summed E-state index contributed by atoms with van der Waals surface area (Å²) in [6.07, 6.45) is 2.50. The molecule has 2 saturated heterocycles. The van der Waals surface area contributed by atoms with Gasteiger partial charge in [-0.05, 0) is 31.0 Å². The maximum atomic E-state index is 6.20. The maximum Gasteiger partial charge on any atom is 0.191 e. The number of ether oxygens (including phenoxy) is 5. The van der Waals surface area contributed by atoms with Crippen molar-refractivity contribution < 1.29 is 23.7 Å². The summed E-state index contributed by atoms with van der Waals surface area (Å²) >= 11 is 0. The molecule has 1 atom stereocenters. The van der Waals surface area contributed by atoms with E-state index in [1.807, 2.05) is 31.2 Å². The molecule has 2 aliphatic heterocycles. The van der Waals surface area contributed by atoms with E-state index in [1.54, 1.807) is 7.11 Å². The molecule has 0 aliphatic carbocycles. The lowest BCUT2D eigenvalue weighted by molar-refractivity contribution is -0.210. The third kappa shape index (κ3) is 7.12. The van der Waals surface area contributed by atoms with Crippen molar-refractivity contribution in [1.29, 1.82) is 0 Å². The summed E-state index contributed by atoms with van der Waals surface area (Å²) < 4.78 is 28.2. The van der Waals surface area contributed by atoms with E-state index in [2.05, 4.69) is 10.6 Å². The van der Waals surface area contributed by atoms with Gasteiger partial charge in [-0.15, -0.1) is 0 Å². The Hall–Kier alpha value is -1.87.